The van der Waals surface area contributed by atoms with Crippen molar-refractivity contribution in [2.75, 3.05) is 18.7 Å². The molecule has 1 N–H and O–H groups in total. The summed E-state index contributed by atoms with van der Waals surface area (Å²) in [6, 6.07) is 13.8. The van der Waals surface area contributed by atoms with Gasteiger partial charge in [0.2, 0.25) is 13.4 Å². The van der Waals surface area contributed by atoms with Gasteiger partial charge in [-0.15, -0.1) is 0 Å². The Balaban J connectivity index is 1.48. The molecule has 1 amide bonds. The summed E-state index contributed by atoms with van der Waals surface area (Å²) in [5, 5.41) is 15.5. The zero-order chi connectivity index (χ0) is 21.5. The molecular weight excluding hydrogens is 390 g/mol. The second-order valence-electron chi connectivity index (χ2n) is 6.30. The number of anilines is 1. The number of carbonyl (C=O) groups excluding carboxylic acids is 2. The van der Waals surface area contributed by atoms with E-state index in [1.165, 1.54) is 6.92 Å². The number of nitrogens with zero attached hydrogens (tertiary/aromatic N) is 2. The van der Waals surface area contributed by atoms with E-state index < -0.39 is 24.6 Å². The van der Waals surface area contributed by atoms with Gasteiger partial charge >= 0.3 is 5.97 Å². The molecule has 0 aliphatic carbocycles. The van der Waals surface area contributed by atoms with Crippen molar-refractivity contribution in [2.24, 2.45) is 5.16 Å². The Morgan fingerprint density at radius 2 is 2.00 bits per heavy atom. The molecule has 0 spiro atoms. The fourth-order valence-corrected chi connectivity index (χ4v) is 2.56. The minimum absolute atomic E-state index is 0.172. The molecule has 154 valence electrons. The number of hydrogen-bond acceptors (Lipinski definition) is 8. The number of ether oxygens (including phenoxy) is 3. The van der Waals surface area contributed by atoms with Crippen molar-refractivity contribution < 1.29 is 28.6 Å². The number of esters is 1. The molecule has 0 aromatic heterocycles. The van der Waals surface area contributed by atoms with E-state index in [1.54, 1.807) is 49.4 Å². The molecule has 0 radical (unpaired) electrons. The fraction of sp³-hybridized carbons (Fsp3) is 0.238. The molecule has 0 fully saturated rings. The van der Waals surface area contributed by atoms with Crippen LogP contribution in [0.1, 0.15) is 25.0 Å². The van der Waals surface area contributed by atoms with E-state index in [9.17, 15) is 9.59 Å². The minimum Gasteiger partial charge on any atom is -0.454 e. The lowest BCUT2D eigenvalue weighted by atomic mass is 10.1. The van der Waals surface area contributed by atoms with Gasteiger partial charge in [-0.05, 0) is 44.2 Å². The second-order valence-corrected chi connectivity index (χ2v) is 6.30. The van der Waals surface area contributed by atoms with Gasteiger partial charge in [0.25, 0.3) is 5.91 Å². The Hall–Kier alpha value is -4.06. The van der Waals surface area contributed by atoms with E-state index in [1.807, 2.05) is 6.07 Å². The summed E-state index contributed by atoms with van der Waals surface area (Å²) in [5.41, 5.74) is 1.92. The molecule has 0 bridgehead atoms. The molecule has 1 aliphatic heterocycles. The average molecular weight is 409 g/mol. The van der Waals surface area contributed by atoms with Crippen LogP contribution in [0.2, 0.25) is 0 Å². The number of carbonyl (C=O) groups is 2. The van der Waals surface area contributed by atoms with E-state index in [2.05, 4.69) is 10.5 Å². The van der Waals surface area contributed by atoms with Crippen LogP contribution in [-0.4, -0.2) is 37.1 Å². The molecule has 2 aromatic carbocycles. The first-order chi connectivity index (χ1) is 14.5. The van der Waals surface area contributed by atoms with E-state index in [-0.39, 0.29) is 6.79 Å². The number of amides is 1. The van der Waals surface area contributed by atoms with Gasteiger partial charge in [0, 0.05) is 5.56 Å². The summed E-state index contributed by atoms with van der Waals surface area (Å²) < 4.78 is 15.6. The number of hydrogen-bond donors (Lipinski definition) is 1. The zero-order valence-corrected chi connectivity index (χ0v) is 16.4. The highest BCUT2D eigenvalue weighted by Gasteiger charge is 2.19. The minimum atomic E-state index is -1.08. The zero-order valence-electron chi connectivity index (χ0n) is 16.4. The maximum atomic E-state index is 12.2. The van der Waals surface area contributed by atoms with Crippen LogP contribution in [0.3, 0.4) is 0 Å². The highest BCUT2D eigenvalue weighted by molar-refractivity contribution is 5.99. The van der Waals surface area contributed by atoms with E-state index in [0.29, 0.717) is 28.5 Å². The first-order valence-corrected chi connectivity index (χ1v) is 9.04. The summed E-state index contributed by atoms with van der Waals surface area (Å²) in [5.74, 6) is -0.0560. The second kappa shape index (κ2) is 9.43. The Labute approximate surface area is 172 Å². The fourth-order valence-electron chi connectivity index (χ4n) is 2.56. The predicted molar refractivity (Wildman–Crippen MR) is 106 cm³/mol. The van der Waals surface area contributed by atoms with Crippen LogP contribution in [0.4, 0.5) is 5.69 Å². The number of para-hydroxylation sites is 1. The molecule has 9 nitrogen and oxygen atoms in total. The lowest BCUT2D eigenvalue weighted by Crippen LogP contribution is -2.31. The van der Waals surface area contributed by atoms with Gasteiger partial charge in [-0.2, -0.15) is 5.26 Å². The molecule has 0 saturated heterocycles. The number of nitriles is 1. The number of fused-ring (bicyclic) bond motifs is 1. The highest BCUT2D eigenvalue weighted by Crippen LogP contribution is 2.32. The lowest BCUT2D eigenvalue weighted by molar-refractivity contribution is -0.157. The largest absolute Gasteiger partial charge is 0.454 e. The molecule has 1 heterocycles. The van der Waals surface area contributed by atoms with Crippen molar-refractivity contribution in [3.63, 3.8) is 0 Å². The Bertz CT molecular complexity index is 1030. The number of nitrogens with one attached hydrogen (secondary N) is 1. The van der Waals surface area contributed by atoms with Crippen LogP contribution in [0.5, 0.6) is 11.5 Å². The molecule has 0 unspecified atom stereocenters. The van der Waals surface area contributed by atoms with Gasteiger partial charge in [-0.25, -0.2) is 4.79 Å². The maximum absolute atomic E-state index is 12.2. The van der Waals surface area contributed by atoms with Crippen molar-refractivity contribution in [2.45, 2.75) is 20.0 Å². The van der Waals surface area contributed by atoms with Crippen LogP contribution < -0.4 is 14.8 Å². The van der Waals surface area contributed by atoms with Gasteiger partial charge < -0.3 is 24.4 Å². The van der Waals surface area contributed by atoms with Crippen LogP contribution in [0.15, 0.2) is 47.6 Å². The first-order valence-electron chi connectivity index (χ1n) is 9.04. The van der Waals surface area contributed by atoms with Crippen molar-refractivity contribution >= 4 is 23.3 Å². The van der Waals surface area contributed by atoms with Crippen molar-refractivity contribution in [1.29, 1.82) is 5.26 Å². The first kappa shape index (κ1) is 20.7. The SMILES string of the molecule is C/C(=N/OCC(=O)O[C@H](C)C(=O)Nc1ccccc1C#N)c1ccc2c(c1)OCO2. The molecule has 30 heavy (non-hydrogen) atoms. The topological polar surface area (TPSA) is 119 Å². The van der Waals surface area contributed by atoms with Gasteiger partial charge in [0.15, 0.2) is 17.6 Å². The Morgan fingerprint density at radius 1 is 1.23 bits per heavy atom. The molecule has 3 rings (SSSR count). The van der Waals surface area contributed by atoms with Gasteiger partial charge in [-0.1, -0.05) is 17.3 Å². The maximum Gasteiger partial charge on any atom is 0.347 e. The quantitative estimate of drug-likeness (QED) is 0.424. The van der Waals surface area contributed by atoms with Gasteiger partial charge in [0.05, 0.1) is 17.0 Å². The normalized spacial score (nSPS) is 13.2. The van der Waals surface area contributed by atoms with Crippen molar-refractivity contribution in [1.82, 2.24) is 0 Å². The number of benzene rings is 2. The molecule has 1 atom stereocenters. The van der Waals surface area contributed by atoms with E-state index >= 15 is 0 Å². The van der Waals surface area contributed by atoms with Crippen LogP contribution in [-0.2, 0) is 19.2 Å². The third kappa shape index (κ3) is 5.05. The highest BCUT2D eigenvalue weighted by atomic mass is 16.7. The average Bonchev–Trinajstić information content (AvgIpc) is 3.21. The third-order valence-corrected chi connectivity index (χ3v) is 4.16. The standard InChI is InChI=1S/C21H19N3O6/c1-13(15-7-8-18-19(9-15)28-12-27-18)24-29-11-20(25)30-14(2)21(26)23-17-6-4-3-5-16(17)10-22/h3-9,14H,11-12H2,1-2H3,(H,23,26)/b24-13-/t14-/m1/s1. The Morgan fingerprint density at radius 3 is 2.80 bits per heavy atom. The number of oxime groups is 1. The molecular formula is C21H19N3O6. The molecule has 2 aromatic rings. The van der Waals surface area contributed by atoms with E-state index in [4.69, 9.17) is 24.3 Å². The van der Waals surface area contributed by atoms with E-state index in [0.717, 1.165) is 5.56 Å². The summed E-state index contributed by atoms with van der Waals surface area (Å²) in [7, 11) is 0. The number of rotatable bonds is 7. The predicted octanol–water partition coefficient (Wildman–Crippen LogP) is 2.60. The third-order valence-electron chi connectivity index (χ3n) is 4.16. The van der Waals surface area contributed by atoms with Crippen molar-refractivity contribution in [3.8, 4) is 17.6 Å². The molecule has 1 aliphatic rings. The van der Waals surface area contributed by atoms with Crippen LogP contribution in [0, 0.1) is 11.3 Å². The van der Waals surface area contributed by atoms with Crippen LogP contribution >= 0.6 is 0 Å². The Kier molecular flexibility index (Phi) is 6.49. The van der Waals surface area contributed by atoms with Gasteiger partial charge in [0.1, 0.15) is 6.07 Å². The lowest BCUT2D eigenvalue weighted by Gasteiger charge is -2.13. The summed E-state index contributed by atoms with van der Waals surface area (Å²) in [6.45, 7) is 2.84. The van der Waals surface area contributed by atoms with Gasteiger partial charge in [-0.3, -0.25) is 4.79 Å². The summed E-state index contributed by atoms with van der Waals surface area (Å²) >= 11 is 0. The smallest absolute Gasteiger partial charge is 0.347 e. The van der Waals surface area contributed by atoms with Crippen molar-refractivity contribution in [3.05, 3.63) is 53.6 Å². The molecule has 9 heteroatoms. The summed E-state index contributed by atoms with van der Waals surface area (Å²) in [4.78, 5) is 29.1. The molecule has 0 saturated carbocycles. The summed E-state index contributed by atoms with van der Waals surface area (Å²) in [6.07, 6.45) is -1.08. The van der Waals surface area contributed by atoms with Crippen LogP contribution in [0.25, 0.3) is 0 Å². The monoisotopic (exact) mass is 409 g/mol.